The van der Waals surface area contributed by atoms with E-state index in [1.807, 2.05) is 30.3 Å². The highest BCUT2D eigenvalue weighted by atomic mass is 16.2. The van der Waals surface area contributed by atoms with Gasteiger partial charge >= 0.3 is 0 Å². The molecule has 1 aromatic rings. The predicted octanol–water partition coefficient (Wildman–Crippen LogP) is 2.40. The Bertz CT molecular complexity index is 739. The molecule has 1 aliphatic heterocycles. The fourth-order valence-electron chi connectivity index (χ4n) is 4.79. The molecule has 2 fully saturated rings. The number of carbonyl (C=O) groups excluding carboxylic acids is 3. The van der Waals surface area contributed by atoms with E-state index >= 15 is 0 Å². The highest BCUT2D eigenvalue weighted by Crippen LogP contribution is 2.51. The van der Waals surface area contributed by atoms with Gasteiger partial charge in [-0.25, -0.2) is 0 Å². The van der Waals surface area contributed by atoms with Gasteiger partial charge in [0.05, 0.1) is 24.3 Å². The maximum Gasteiger partial charge on any atom is 0.234 e. The van der Waals surface area contributed by atoms with Gasteiger partial charge in [-0.15, -0.1) is 0 Å². The Hall–Kier alpha value is -2.43. The van der Waals surface area contributed by atoms with Crippen LogP contribution in [0.15, 0.2) is 42.5 Å². The zero-order valence-electron chi connectivity index (χ0n) is 15.2. The van der Waals surface area contributed by atoms with Crippen molar-refractivity contribution in [3.05, 3.63) is 48.0 Å². The van der Waals surface area contributed by atoms with Gasteiger partial charge in [-0.2, -0.15) is 0 Å². The number of hydrogen-bond acceptors (Lipinski definition) is 3. The first kappa shape index (κ1) is 17.0. The molecule has 5 heteroatoms. The fraction of sp³-hybridized carbons (Fsp3) is 0.476. The molecule has 1 heterocycles. The summed E-state index contributed by atoms with van der Waals surface area (Å²) in [6.45, 7) is 0. The summed E-state index contributed by atoms with van der Waals surface area (Å²) in [6, 6.07) is 8.91. The number of fused-ring (bicyclic) bond motifs is 1. The van der Waals surface area contributed by atoms with E-state index in [9.17, 15) is 14.4 Å². The van der Waals surface area contributed by atoms with E-state index < -0.39 is 6.04 Å². The smallest absolute Gasteiger partial charge is 0.234 e. The summed E-state index contributed by atoms with van der Waals surface area (Å²) < 4.78 is 0. The number of imide groups is 1. The van der Waals surface area contributed by atoms with Crippen molar-refractivity contribution in [2.75, 3.05) is 14.1 Å². The molecule has 26 heavy (non-hydrogen) atoms. The van der Waals surface area contributed by atoms with Crippen molar-refractivity contribution < 1.29 is 14.4 Å². The van der Waals surface area contributed by atoms with E-state index in [-0.39, 0.29) is 47.8 Å². The standard InChI is InChI=1S/C21H24N2O3/c1-22(2)17(24)12-16(13-6-4-3-5-7-13)23-20(25)18-14-8-9-15(11-10-14)19(18)21(23)26/h3-9,14-16,18-19H,10-12H2,1-2H3/t14-,15-,16+,18-,19-/m0/s1. The first-order valence-electron chi connectivity index (χ1n) is 9.29. The lowest BCUT2D eigenvalue weighted by molar-refractivity contribution is -0.144. The summed E-state index contributed by atoms with van der Waals surface area (Å²) in [5.74, 6) is -0.451. The number of hydrogen-bond donors (Lipinski definition) is 0. The molecule has 5 atom stereocenters. The highest BCUT2D eigenvalue weighted by Gasteiger charge is 2.58. The molecule has 5 nitrogen and oxygen atoms in total. The Balaban J connectivity index is 1.71. The highest BCUT2D eigenvalue weighted by molar-refractivity contribution is 6.06. The average molecular weight is 352 g/mol. The van der Waals surface area contributed by atoms with Crippen LogP contribution in [0.5, 0.6) is 0 Å². The second-order valence-electron chi connectivity index (χ2n) is 7.81. The zero-order valence-corrected chi connectivity index (χ0v) is 15.2. The monoisotopic (exact) mass is 352 g/mol. The van der Waals surface area contributed by atoms with Crippen molar-refractivity contribution in [3.63, 3.8) is 0 Å². The second-order valence-corrected chi connectivity index (χ2v) is 7.81. The molecule has 136 valence electrons. The van der Waals surface area contributed by atoms with E-state index in [2.05, 4.69) is 12.2 Å². The summed E-state index contributed by atoms with van der Waals surface area (Å²) in [5.41, 5.74) is 0.836. The lowest BCUT2D eigenvalue weighted by atomic mass is 9.63. The predicted molar refractivity (Wildman–Crippen MR) is 96.7 cm³/mol. The Kier molecular flexibility index (Phi) is 4.17. The lowest BCUT2D eigenvalue weighted by Crippen LogP contribution is -2.38. The first-order valence-corrected chi connectivity index (χ1v) is 9.29. The van der Waals surface area contributed by atoms with Gasteiger partial charge in [-0.3, -0.25) is 19.3 Å². The minimum Gasteiger partial charge on any atom is -0.349 e. The quantitative estimate of drug-likeness (QED) is 0.618. The van der Waals surface area contributed by atoms with Crippen molar-refractivity contribution in [3.8, 4) is 0 Å². The van der Waals surface area contributed by atoms with Crippen LogP contribution in [0.3, 0.4) is 0 Å². The van der Waals surface area contributed by atoms with Crippen LogP contribution in [0.2, 0.25) is 0 Å². The van der Waals surface area contributed by atoms with Crippen molar-refractivity contribution in [2.45, 2.75) is 25.3 Å². The van der Waals surface area contributed by atoms with Gasteiger partial charge in [0.1, 0.15) is 0 Å². The van der Waals surface area contributed by atoms with Gasteiger partial charge in [0, 0.05) is 14.1 Å². The number of nitrogens with zero attached hydrogens (tertiary/aromatic N) is 2. The van der Waals surface area contributed by atoms with Gasteiger partial charge in [0.25, 0.3) is 0 Å². The normalized spacial score (nSPS) is 30.5. The summed E-state index contributed by atoms with van der Waals surface area (Å²) in [6.07, 6.45) is 6.30. The van der Waals surface area contributed by atoms with E-state index in [4.69, 9.17) is 0 Å². The van der Waals surface area contributed by atoms with E-state index in [1.54, 1.807) is 14.1 Å². The van der Waals surface area contributed by atoms with Crippen LogP contribution in [0.4, 0.5) is 0 Å². The van der Waals surface area contributed by atoms with Crippen LogP contribution in [-0.2, 0) is 14.4 Å². The fourth-order valence-corrected chi connectivity index (χ4v) is 4.79. The maximum absolute atomic E-state index is 13.3. The first-order chi connectivity index (χ1) is 12.5. The molecule has 0 N–H and O–H groups in total. The molecule has 3 amide bonds. The maximum atomic E-state index is 13.3. The van der Waals surface area contributed by atoms with Crippen molar-refractivity contribution in [2.24, 2.45) is 23.7 Å². The summed E-state index contributed by atoms with van der Waals surface area (Å²) >= 11 is 0. The third-order valence-electron chi connectivity index (χ3n) is 6.16. The summed E-state index contributed by atoms with van der Waals surface area (Å²) in [7, 11) is 3.39. The second kappa shape index (κ2) is 6.38. The number of amides is 3. The topological polar surface area (TPSA) is 57.7 Å². The number of carbonyl (C=O) groups is 3. The van der Waals surface area contributed by atoms with Crippen LogP contribution < -0.4 is 0 Å². The zero-order chi connectivity index (χ0) is 18.4. The van der Waals surface area contributed by atoms with E-state index in [1.165, 1.54) is 9.80 Å². The molecule has 0 unspecified atom stereocenters. The lowest BCUT2D eigenvalue weighted by Gasteiger charge is -2.38. The van der Waals surface area contributed by atoms with Crippen molar-refractivity contribution in [1.29, 1.82) is 0 Å². The Labute approximate surface area is 153 Å². The van der Waals surface area contributed by atoms with Crippen molar-refractivity contribution in [1.82, 2.24) is 9.80 Å². The van der Waals surface area contributed by atoms with E-state index in [0.717, 1.165) is 18.4 Å². The molecule has 5 rings (SSSR count). The number of rotatable bonds is 4. The Morgan fingerprint density at radius 3 is 2.04 bits per heavy atom. The van der Waals surface area contributed by atoms with Crippen LogP contribution in [0.1, 0.15) is 30.9 Å². The van der Waals surface area contributed by atoms with Gasteiger partial charge < -0.3 is 4.90 Å². The molecule has 3 aliphatic carbocycles. The summed E-state index contributed by atoms with van der Waals surface area (Å²) in [5, 5.41) is 0. The molecular weight excluding hydrogens is 328 g/mol. The molecule has 4 aliphatic rings. The van der Waals surface area contributed by atoms with Crippen LogP contribution in [0, 0.1) is 23.7 Å². The van der Waals surface area contributed by atoms with Gasteiger partial charge in [0.15, 0.2) is 0 Å². The molecule has 0 aromatic heterocycles. The number of likely N-dealkylation sites (tertiary alicyclic amines) is 1. The largest absolute Gasteiger partial charge is 0.349 e. The van der Waals surface area contributed by atoms with Gasteiger partial charge in [-0.1, -0.05) is 42.5 Å². The van der Waals surface area contributed by atoms with Gasteiger partial charge in [0.2, 0.25) is 17.7 Å². The third-order valence-corrected chi connectivity index (χ3v) is 6.16. The number of benzene rings is 1. The molecule has 2 bridgehead atoms. The average Bonchev–Trinajstić information content (AvgIpc) is 2.94. The third kappa shape index (κ3) is 2.57. The van der Waals surface area contributed by atoms with Crippen LogP contribution >= 0.6 is 0 Å². The minimum absolute atomic E-state index is 0.0876. The van der Waals surface area contributed by atoms with Crippen LogP contribution in [-0.4, -0.2) is 41.6 Å². The van der Waals surface area contributed by atoms with Gasteiger partial charge in [-0.05, 0) is 30.2 Å². The molecule has 1 saturated carbocycles. The SMILES string of the molecule is CN(C)C(=O)C[C@H](c1ccccc1)N1C(=O)[C@@H]2[C@@H](C1=O)[C@H]1C=C[C@H]2CC1. The Morgan fingerprint density at radius 1 is 1.04 bits per heavy atom. The molecule has 1 saturated heterocycles. The molecule has 0 spiro atoms. The summed E-state index contributed by atoms with van der Waals surface area (Å²) in [4.78, 5) is 41.8. The molecule has 1 aromatic carbocycles. The van der Waals surface area contributed by atoms with Crippen LogP contribution in [0.25, 0.3) is 0 Å². The Morgan fingerprint density at radius 2 is 1.58 bits per heavy atom. The molecule has 0 radical (unpaired) electrons. The number of allylic oxidation sites excluding steroid dienone is 2. The van der Waals surface area contributed by atoms with Crippen molar-refractivity contribution >= 4 is 17.7 Å². The minimum atomic E-state index is -0.531. The molecular formula is C21H24N2O3. The van der Waals surface area contributed by atoms with E-state index in [0.29, 0.717) is 0 Å².